The van der Waals surface area contributed by atoms with Gasteiger partial charge in [0, 0.05) is 13.1 Å². The van der Waals surface area contributed by atoms with E-state index in [1.54, 1.807) is 0 Å². The minimum absolute atomic E-state index is 0.0150. The van der Waals surface area contributed by atoms with Crippen LogP contribution in [0.25, 0.3) is 0 Å². The van der Waals surface area contributed by atoms with E-state index >= 15 is 0 Å². The maximum atomic E-state index is 12.4. The van der Waals surface area contributed by atoms with Crippen molar-refractivity contribution in [2.75, 3.05) is 19.6 Å². The third-order valence-electron chi connectivity index (χ3n) is 4.03. The highest BCUT2D eigenvalue weighted by atomic mass is 16.4. The third-order valence-corrected chi connectivity index (χ3v) is 4.03. The second-order valence-corrected chi connectivity index (χ2v) is 5.46. The molecule has 0 saturated carbocycles. The normalized spacial score (nSPS) is 24.7. The lowest BCUT2D eigenvalue weighted by molar-refractivity contribution is -0.142. The summed E-state index contributed by atoms with van der Waals surface area (Å²) >= 11 is 0. The first-order valence-corrected chi connectivity index (χ1v) is 7.27. The number of hydrogen-bond acceptors (Lipinski definition) is 3. The summed E-state index contributed by atoms with van der Waals surface area (Å²) in [4.78, 5) is 23.4. The number of carbonyl (C=O) groups excluding carboxylic acids is 1. The fraction of sp³-hybridized carbons (Fsp3) is 0.857. The van der Waals surface area contributed by atoms with Crippen molar-refractivity contribution in [2.45, 2.75) is 46.0 Å². The monoisotopic (exact) mass is 270 g/mol. The molecule has 0 spiro atoms. The van der Waals surface area contributed by atoms with Gasteiger partial charge in [-0.05, 0) is 32.2 Å². The number of amides is 1. The maximum absolute atomic E-state index is 12.4. The van der Waals surface area contributed by atoms with Crippen molar-refractivity contribution in [3.8, 4) is 0 Å². The third kappa shape index (κ3) is 4.20. The Morgan fingerprint density at radius 2 is 2.16 bits per heavy atom. The van der Waals surface area contributed by atoms with E-state index in [0.29, 0.717) is 13.0 Å². The Balaban J connectivity index is 2.59. The quantitative estimate of drug-likeness (QED) is 0.653. The van der Waals surface area contributed by atoms with Crippen LogP contribution in [0, 0.1) is 11.3 Å². The Labute approximate surface area is 115 Å². The number of hydrogen-bond donors (Lipinski definition) is 3. The molecule has 0 aromatic rings. The molecule has 5 nitrogen and oxygen atoms in total. The highest BCUT2D eigenvalue weighted by Crippen LogP contribution is 2.31. The Bertz CT molecular complexity index is 306. The molecule has 3 N–H and O–H groups in total. The molecule has 5 heteroatoms. The van der Waals surface area contributed by atoms with Gasteiger partial charge in [0.15, 0.2) is 0 Å². The molecular formula is C14H26N2O3. The van der Waals surface area contributed by atoms with Crippen molar-refractivity contribution < 1.29 is 14.7 Å². The van der Waals surface area contributed by atoms with Crippen molar-refractivity contribution in [3.05, 3.63) is 0 Å². The van der Waals surface area contributed by atoms with E-state index in [4.69, 9.17) is 5.11 Å². The highest BCUT2D eigenvalue weighted by molar-refractivity contribution is 5.83. The van der Waals surface area contributed by atoms with Crippen molar-refractivity contribution in [3.63, 3.8) is 0 Å². The summed E-state index contributed by atoms with van der Waals surface area (Å²) in [5.74, 6) is -1.31. The highest BCUT2D eigenvalue weighted by Gasteiger charge is 2.38. The molecule has 19 heavy (non-hydrogen) atoms. The molecule has 1 aliphatic heterocycles. The lowest BCUT2D eigenvalue weighted by Gasteiger charge is -2.36. The molecule has 2 atom stereocenters. The van der Waals surface area contributed by atoms with E-state index in [2.05, 4.69) is 17.6 Å². The van der Waals surface area contributed by atoms with Gasteiger partial charge in [-0.1, -0.05) is 20.3 Å². The molecule has 0 bridgehead atoms. The summed E-state index contributed by atoms with van der Waals surface area (Å²) in [5, 5.41) is 15.1. The molecule has 1 rings (SSSR count). The minimum Gasteiger partial charge on any atom is -0.481 e. The maximum Gasteiger partial charge on any atom is 0.308 e. The zero-order chi connectivity index (χ0) is 14.3. The Kier molecular flexibility index (Phi) is 6.28. The van der Waals surface area contributed by atoms with Crippen LogP contribution >= 0.6 is 0 Å². The molecular weight excluding hydrogens is 244 g/mol. The van der Waals surface area contributed by atoms with Crippen molar-refractivity contribution in [2.24, 2.45) is 11.3 Å². The Hall–Kier alpha value is -1.10. The summed E-state index contributed by atoms with van der Waals surface area (Å²) < 4.78 is 0. The summed E-state index contributed by atoms with van der Waals surface area (Å²) in [6.45, 7) is 5.81. The predicted molar refractivity (Wildman–Crippen MR) is 73.9 cm³/mol. The molecule has 2 unspecified atom stereocenters. The molecule has 1 aliphatic rings. The van der Waals surface area contributed by atoms with Crippen molar-refractivity contribution in [1.82, 2.24) is 10.6 Å². The van der Waals surface area contributed by atoms with Crippen LogP contribution in [0.3, 0.4) is 0 Å². The number of nitrogens with one attached hydrogen (secondary N) is 2. The van der Waals surface area contributed by atoms with Gasteiger partial charge in [0.25, 0.3) is 0 Å². The number of carboxylic acids is 1. The van der Waals surface area contributed by atoms with Crippen LogP contribution in [0.4, 0.5) is 0 Å². The number of rotatable bonds is 7. The lowest BCUT2D eigenvalue weighted by Crippen LogP contribution is -2.51. The fourth-order valence-corrected chi connectivity index (χ4v) is 2.78. The minimum atomic E-state index is -0.839. The molecule has 1 fully saturated rings. The van der Waals surface area contributed by atoms with Crippen molar-refractivity contribution >= 4 is 11.9 Å². The zero-order valence-corrected chi connectivity index (χ0v) is 12.0. The fourth-order valence-electron chi connectivity index (χ4n) is 2.78. The summed E-state index contributed by atoms with van der Waals surface area (Å²) in [6, 6.07) is 0. The van der Waals surface area contributed by atoms with Gasteiger partial charge >= 0.3 is 5.97 Å². The first-order chi connectivity index (χ1) is 9.05. The zero-order valence-electron chi connectivity index (χ0n) is 12.0. The molecule has 0 aliphatic carbocycles. The van der Waals surface area contributed by atoms with E-state index < -0.39 is 11.9 Å². The van der Waals surface area contributed by atoms with Crippen LogP contribution in [0.5, 0.6) is 0 Å². The molecule has 1 heterocycles. The first kappa shape index (κ1) is 16.0. The number of carbonyl (C=O) groups is 2. The molecule has 0 aromatic heterocycles. The molecule has 1 saturated heterocycles. The van der Waals surface area contributed by atoms with Gasteiger partial charge in [-0.25, -0.2) is 0 Å². The van der Waals surface area contributed by atoms with Crippen LogP contribution in [0.1, 0.15) is 46.0 Å². The van der Waals surface area contributed by atoms with E-state index in [9.17, 15) is 9.59 Å². The van der Waals surface area contributed by atoms with Gasteiger partial charge < -0.3 is 15.7 Å². The molecule has 0 radical (unpaired) electrons. The van der Waals surface area contributed by atoms with Gasteiger partial charge in [0.1, 0.15) is 0 Å². The van der Waals surface area contributed by atoms with E-state index in [0.717, 1.165) is 32.2 Å². The van der Waals surface area contributed by atoms with Gasteiger partial charge in [0.05, 0.1) is 11.3 Å². The van der Waals surface area contributed by atoms with Gasteiger partial charge in [-0.3, -0.25) is 9.59 Å². The van der Waals surface area contributed by atoms with Crippen LogP contribution in [-0.4, -0.2) is 36.6 Å². The number of aliphatic carboxylic acids is 1. The average Bonchev–Trinajstić information content (AvgIpc) is 2.40. The van der Waals surface area contributed by atoms with Crippen LogP contribution in [0.2, 0.25) is 0 Å². The van der Waals surface area contributed by atoms with Gasteiger partial charge in [-0.15, -0.1) is 0 Å². The Morgan fingerprint density at radius 1 is 1.42 bits per heavy atom. The van der Waals surface area contributed by atoms with Crippen LogP contribution < -0.4 is 10.6 Å². The summed E-state index contributed by atoms with van der Waals surface area (Å²) in [7, 11) is 0. The summed E-state index contributed by atoms with van der Waals surface area (Å²) in [6.07, 6.45) is 4.25. The second-order valence-electron chi connectivity index (χ2n) is 5.46. The average molecular weight is 270 g/mol. The van der Waals surface area contributed by atoms with E-state index in [1.165, 1.54) is 0 Å². The predicted octanol–water partition coefficient (Wildman–Crippen LogP) is 1.38. The SMILES string of the molecule is CCCC1(C(=O)NCC(CC)C(=O)O)CCCNC1. The second kappa shape index (κ2) is 7.48. The van der Waals surface area contributed by atoms with Gasteiger partial charge in [-0.2, -0.15) is 0 Å². The molecule has 110 valence electrons. The largest absolute Gasteiger partial charge is 0.481 e. The number of carboxylic acid groups (broad SMARTS) is 1. The van der Waals surface area contributed by atoms with E-state index in [-0.39, 0.29) is 17.9 Å². The first-order valence-electron chi connectivity index (χ1n) is 7.27. The van der Waals surface area contributed by atoms with Gasteiger partial charge in [0.2, 0.25) is 5.91 Å². The lowest BCUT2D eigenvalue weighted by atomic mass is 9.76. The molecule has 0 aromatic carbocycles. The Morgan fingerprint density at radius 3 is 2.63 bits per heavy atom. The summed E-state index contributed by atoms with van der Waals surface area (Å²) in [5.41, 5.74) is -0.343. The molecule has 1 amide bonds. The van der Waals surface area contributed by atoms with Crippen LogP contribution in [0.15, 0.2) is 0 Å². The van der Waals surface area contributed by atoms with Crippen molar-refractivity contribution in [1.29, 1.82) is 0 Å². The number of piperidine rings is 1. The van der Waals surface area contributed by atoms with Crippen LogP contribution in [-0.2, 0) is 9.59 Å². The van der Waals surface area contributed by atoms with E-state index in [1.807, 2.05) is 6.92 Å². The smallest absolute Gasteiger partial charge is 0.308 e. The standard InChI is InChI=1S/C14H26N2O3/c1-3-6-14(7-5-8-15-10-14)13(19)16-9-11(4-2)12(17)18/h11,15H,3-10H2,1-2H3,(H,16,19)(H,17,18). The topological polar surface area (TPSA) is 78.4 Å².